The van der Waals surface area contributed by atoms with Crippen LogP contribution in [0, 0.1) is 6.92 Å². The van der Waals surface area contributed by atoms with Crippen LogP contribution >= 0.6 is 0 Å². The van der Waals surface area contributed by atoms with Crippen molar-refractivity contribution in [3.8, 4) is 11.5 Å². The molecule has 0 aliphatic carbocycles. The molecule has 0 spiro atoms. The minimum Gasteiger partial charge on any atom is -0.337 e. The van der Waals surface area contributed by atoms with Crippen molar-refractivity contribution < 1.29 is 13.2 Å². The number of hydrogen-bond donors (Lipinski definition) is 1. The molecule has 1 aromatic carbocycles. The van der Waals surface area contributed by atoms with Crippen molar-refractivity contribution in [3.05, 3.63) is 47.7 Å². The second-order valence-corrected chi connectivity index (χ2v) is 4.49. The second kappa shape index (κ2) is 4.33. The van der Waals surface area contributed by atoms with E-state index in [4.69, 9.17) is 0 Å². The van der Waals surface area contributed by atoms with Gasteiger partial charge in [-0.2, -0.15) is 13.2 Å². The fraction of sp³-hybridized carbons (Fsp3) is 0.143. The fourth-order valence-electron chi connectivity index (χ4n) is 2.00. The third-order valence-corrected chi connectivity index (χ3v) is 3.05. The Bertz CT molecular complexity index is 757. The largest absolute Gasteiger partial charge is 0.417 e. The van der Waals surface area contributed by atoms with E-state index in [-0.39, 0.29) is 0 Å². The number of aromatic nitrogens is 3. The molecule has 0 saturated heterocycles. The topological polar surface area (TPSA) is 41.6 Å². The van der Waals surface area contributed by atoms with Crippen LogP contribution in [0.4, 0.5) is 13.2 Å². The van der Waals surface area contributed by atoms with Crippen LogP contribution < -0.4 is 0 Å². The zero-order valence-corrected chi connectivity index (χ0v) is 10.5. The lowest BCUT2D eigenvalue weighted by Crippen LogP contribution is -2.05. The summed E-state index contributed by atoms with van der Waals surface area (Å²) < 4.78 is 37.4. The first-order valence-electron chi connectivity index (χ1n) is 5.94. The summed E-state index contributed by atoms with van der Waals surface area (Å²) in [4.78, 5) is 11.3. The van der Waals surface area contributed by atoms with Crippen LogP contribution in [0.25, 0.3) is 22.6 Å². The Kier molecular flexibility index (Phi) is 2.74. The van der Waals surface area contributed by atoms with E-state index in [1.165, 1.54) is 6.07 Å². The Labute approximate surface area is 112 Å². The molecular formula is C14H10F3N3. The highest BCUT2D eigenvalue weighted by atomic mass is 19.4. The molecule has 0 radical (unpaired) electrons. The van der Waals surface area contributed by atoms with Crippen LogP contribution in [-0.4, -0.2) is 15.0 Å². The molecule has 6 heteroatoms. The van der Waals surface area contributed by atoms with Gasteiger partial charge in [-0.15, -0.1) is 0 Å². The van der Waals surface area contributed by atoms with E-state index in [2.05, 4.69) is 15.0 Å². The van der Waals surface area contributed by atoms with Gasteiger partial charge in [-0.05, 0) is 30.7 Å². The summed E-state index contributed by atoms with van der Waals surface area (Å²) >= 11 is 0. The lowest BCUT2D eigenvalue weighted by molar-refractivity contribution is -0.137. The van der Waals surface area contributed by atoms with Crippen molar-refractivity contribution in [3.63, 3.8) is 0 Å². The minimum absolute atomic E-state index is 0.383. The number of imidazole rings is 1. The predicted octanol–water partition coefficient (Wildman–Crippen LogP) is 3.95. The van der Waals surface area contributed by atoms with Gasteiger partial charge in [0.05, 0.1) is 16.6 Å². The Morgan fingerprint density at radius 1 is 1.10 bits per heavy atom. The van der Waals surface area contributed by atoms with Crippen molar-refractivity contribution in [2.24, 2.45) is 0 Å². The van der Waals surface area contributed by atoms with Gasteiger partial charge in [0.25, 0.3) is 0 Å². The number of hydrogen-bond acceptors (Lipinski definition) is 2. The maximum absolute atomic E-state index is 12.5. The molecule has 1 N–H and O–H groups in total. The molecule has 3 aromatic rings. The molecule has 0 saturated carbocycles. The molecular weight excluding hydrogens is 267 g/mol. The molecule has 20 heavy (non-hydrogen) atoms. The quantitative estimate of drug-likeness (QED) is 0.731. The molecule has 102 valence electrons. The summed E-state index contributed by atoms with van der Waals surface area (Å²) in [6, 6.07) is 7.99. The van der Waals surface area contributed by atoms with Crippen molar-refractivity contribution in [2.75, 3.05) is 0 Å². The van der Waals surface area contributed by atoms with Gasteiger partial charge < -0.3 is 4.98 Å². The molecule has 0 atom stereocenters. The van der Waals surface area contributed by atoms with Crippen LogP contribution in [0.3, 0.4) is 0 Å². The number of benzene rings is 1. The molecule has 0 unspecified atom stereocenters. The molecule has 3 nitrogen and oxygen atoms in total. The van der Waals surface area contributed by atoms with E-state index in [9.17, 15) is 13.2 Å². The molecule has 3 rings (SSSR count). The highest BCUT2D eigenvalue weighted by Gasteiger charge is 2.30. The summed E-state index contributed by atoms with van der Waals surface area (Å²) in [5, 5.41) is 0. The van der Waals surface area contributed by atoms with Crippen molar-refractivity contribution in [1.82, 2.24) is 15.0 Å². The number of aryl methyl sites for hydroxylation is 1. The minimum atomic E-state index is -4.38. The number of aromatic amines is 1. The van der Waals surface area contributed by atoms with Gasteiger partial charge in [0, 0.05) is 6.20 Å². The summed E-state index contributed by atoms with van der Waals surface area (Å²) in [5.41, 5.74) is 2.24. The number of nitrogens with zero attached hydrogens (tertiary/aromatic N) is 2. The number of para-hydroxylation sites is 1. The smallest absolute Gasteiger partial charge is 0.337 e. The fourth-order valence-corrected chi connectivity index (χ4v) is 2.00. The van der Waals surface area contributed by atoms with E-state index >= 15 is 0 Å². The number of halogens is 3. The van der Waals surface area contributed by atoms with Crippen molar-refractivity contribution >= 4 is 11.0 Å². The summed E-state index contributed by atoms with van der Waals surface area (Å²) in [5.74, 6) is 0.461. The number of fused-ring (bicyclic) bond motifs is 1. The zero-order valence-electron chi connectivity index (χ0n) is 10.5. The number of rotatable bonds is 1. The van der Waals surface area contributed by atoms with Crippen LogP contribution in [-0.2, 0) is 6.18 Å². The highest BCUT2D eigenvalue weighted by Crippen LogP contribution is 2.29. The molecule has 0 aliphatic rings. The number of pyridine rings is 1. The standard InChI is InChI=1S/C14H10F3N3/c1-8-3-2-4-10-12(8)20-13(19-10)11-6-5-9(7-18-11)14(15,16)17/h2-7H,1H3,(H,19,20). The number of nitrogens with one attached hydrogen (secondary N) is 1. The molecule has 0 bridgehead atoms. The molecule has 0 aliphatic heterocycles. The van der Waals surface area contributed by atoms with Gasteiger partial charge in [-0.3, -0.25) is 4.98 Å². The van der Waals surface area contributed by atoms with Crippen LogP contribution in [0.5, 0.6) is 0 Å². The van der Waals surface area contributed by atoms with E-state index in [1.54, 1.807) is 0 Å². The molecule has 2 aromatic heterocycles. The first kappa shape index (κ1) is 12.7. The van der Waals surface area contributed by atoms with Crippen molar-refractivity contribution in [2.45, 2.75) is 13.1 Å². The van der Waals surface area contributed by atoms with Gasteiger partial charge in [0.15, 0.2) is 5.82 Å². The predicted molar refractivity (Wildman–Crippen MR) is 69.1 cm³/mol. The first-order valence-corrected chi connectivity index (χ1v) is 5.94. The Morgan fingerprint density at radius 2 is 1.90 bits per heavy atom. The second-order valence-electron chi connectivity index (χ2n) is 4.49. The highest BCUT2D eigenvalue weighted by molar-refractivity contribution is 5.81. The Morgan fingerprint density at radius 3 is 2.50 bits per heavy atom. The lowest BCUT2D eigenvalue weighted by Gasteiger charge is -2.05. The Balaban J connectivity index is 2.05. The van der Waals surface area contributed by atoms with Crippen LogP contribution in [0.1, 0.15) is 11.1 Å². The van der Waals surface area contributed by atoms with Gasteiger partial charge in [0.2, 0.25) is 0 Å². The van der Waals surface area contributed by atoms with Gasteiger partial charge in [0.1, 0.15) is 5.69 Å². The monoisotopic (exact) mass is 277 g/mol. The van der Waals surface area contributed by atoms with Crippen LogP contribution in [0.15, 0.2) is 36.5 Å². The van der Waals surface area contributed by atoms with E-state index in [0.29, 0.717) is 11.5 Å². The molecule has 0 amide bonds. The van der Waals surface area contributed by atoms with Gasteiger partial charge in [-0.1, -0.05) is 12.1 Å². The average Bonchev–Trinajstić information content (AvgIpc) is 2.83. The Hall–Kier alpha value is -2.37. The lowest BCUT2D eigenvalue weighted by atomic mass is 10.2. The van der Waals surface area contributed by atoms with Crippen molar-refractivity contribution in [1.29, 1.82) is 0 Å². The SMILES string of the molecule is Cc1cccc2[nH]c(-c3ccc(C(F)(F)F)cn3)nc12. The third kappa shape index (κ3) is 2.13. The van der Waals surface area contributed by atoms with E-state index < -0.39 is 11.7 Å². The summed E-state index contributed by atoms with van der Waals surface area (Å²) in [6.07, 6.45) is -3.56. The normalized spacial score (nSPS) is 12.0. The molecule has 0 fully saturated rings. The zero-order chi connectivity index (χ0) is 14.3. The summed E-state index contributed by atoms with van der Waals surface area (Å²) in [7, 11) is 0. The van der Waals surface area contributed by atoms with E-state index in [0.717, 1.165) is 28.9 Å². The first-order chi connectivity index (χ1) is 9.45. The van der Waals surface area contributed by atoms with Gasteiger partial charge in [-0.25, -0.2) is 4.98 Å². The van der Waals surface area contributed by atoms with Gasteiger partial charge >= 0.3 is 6.18 Å². The average molecular weight is 277 g/mol. The third-order valence-electron chi connectivity index (χ3n) is 3.05. The van der Waals surface area contributed by atoms with E-state index in [1.807, 2.05) is 25.1 Å². The van der Waals surface area contributed by atoms with Crippen LogP contribution in [0.2, 0.25) is 0 Å². The summed E-state index contributed by atoms with van der Waals surface area (Å²) in [6.45, 7) is 1.92. The number of alkyl halides is 3. The number of H-pyrrole nitrogens is 1. The molecule has 2 heterocycles. The maximum atomic E-state index is 12.5. The maximum Gasteiger partial charge on any atom is 0.417 e.